The third kappa shape index (κ3) is 1.62. The maximum atomic E-state index is 11.5. The molecule has 0 fully saturated rings. The number of hydrogen-bond acceptors (Lipinski definition) is 6. The molecule has 0 spiro atoms. The number of anilines is 1. The van der Waals surface area contributed by atoms with Crippen molar-refractivity contribution >= 4 is 17.1 Å². The van der Waals surface area contributed by atoms with E-state index in [1.54, 1.807) is 6.20 Å². The average Bonchev–Trinajstić information content (AvgIpc) is 2.87. The van der Waals surface area contributed by atoms with Crippen molar-refractivity contribution in [3.63, 3.8) is 0 Å². The maximum absolute atomic E-state index is 11.5. The summed E-state index contributed by atoms with van der Waals surface area (Å²) in [4.78, 5) is 24.9. The first-order valence-corrected chi connectivity index (χ1v) is 4.82. The summed E-state index contributed by atoms with van der Waals surface area (Å²) < 4.78 is 0. The lowest BCUT2D eigenvalue weighted by molar-refractivity contribution is 0.902. The molecule has 0 aliphatic carbocycles. The Balaban J connectivity index is 2.08. The highest BCUT2D eigenvalue weighted by Crippen LogP contribution is 2.07. The normalized spacial score (nSPS) is 11.1. The number of fused-ring (bicyclic) bond motifs is 1. The Kier molecular flexibility index (Phi) is 1.90. The molecule has 0 aliphatic rings. The second-order valence-corrected chi connectivity index (χ2v) is 3.47. The molecule has 0 saturated carbocycles. The summed E-state index contributed by atoms with van der Waals surface area (Å²) in [5.41, 5.74) is 6.40. The van der Waals surface area contributed by atoms with Crippen molar-refractivity contribution in [3.8, 4) is 0 Å². The van der Waals surface area contributed by atoms with Crippen molar-refractivity contribution in [3.05, 3.63) is 28.1 Å². The standard InChI is InChI=1S/C8H8N8O/c9-8-13-6-5(7(17)14-8)11-4(12-6)1-3-2-10-16-15-3/h2H,1H2,(H,10,15,16)(H4,9,11,12,13,14,17). The molecule has 3 aromatic rings. The van der Waals surface area contributed by atoms with Crippen LogP contribution in [0.4, 0.5) is 5.95 Å². The van der Waals surface area contributed by atoms with Crippen LogP contribution in [0.2, 0.25) is 0 Å². The summed E-state index contributed by atoms with van der Waals surface area (Å²) >= 11 is 0. The minimum Gasteiger partial charge on any atom is -0.369 e. The fraction of sp³-hybridized carbons (Fsp3) is 0.125. The van der Waals surface area contributed by atoms with Gasteiger partial charge in [-0.2, -0.15) is 4.98 Å². The summed E-state index contributed by atoms with van der Waals surface area (Å²) in [6.07, 6.45) is 2.09. The van der Waals surface area contributed by atoms with E-state index in [9.17, 15) is 4.79 Å². The summed E-state index contributed by atoms with van der Waals surface area (Å²) in [6, 6.07) is 0. The van der Waals surface area contributed by atoms with Crippen LogP contribution in [0.3, 0.4) is 0 Å². The topological polar surface area (TPSA) is 142 Å². The summed E-state index contributed by atoms with van der Waals surface area (Å²) in [6.45, 7) is 0. The van der Waals surface area contributed by atoms with Crippen LogP contribution in [-0.4, -0.2) is 35.3 Å². The number of nitrogens with one attached hydrogen (secondary N) is 3. The van der Waals surface area contributed by atoms with Gasteiger partial charge in [-0.05, 0) is 0 Å². The second kappa shape index (κ2) is 3.40. The Labute approximate surface area is 93.5 Å². The highest BCUT2D eigenvalue weighted by Gasteiger charge is 2.09. The van der Waals surface area contributed by atoms with Gasteiger partial charge in [0.15, 0.2) is 11.2 Å². The number of rotatable bonds is 2. The Bertz CT molecular complexity index is 709. The first-order valence-electron chi connectivity index (χ1n) is 4.82. The number of imidazole rings is 1. The van der Waals surface area contributed by atoms with Crippen LogP contribution >= 0.6 is 0 Å². The van der Waals surface area contributed by atoms with Crippen molar-refractivity contribution < 1.29 is 0 Å². The molecule has 0 bridgehead atoms. The molecule has 3 heterocycles. The van der Waals surface area contributed by atoms with Gasteiger partial charge < -0.3 is 10.7 Å². The first kappa shape index (κ1) is 9.51. The highest BCUT2D eigenvalue weighted by atomic mass is 16.1. The fourth-order valence-corrected chi connectivity index (χ4v) is 1.54. The van der Waals surface area contributed by atoms with Crippen LogP contribution in [-0.2, 0) is 6.42 Å². The number of nitrogen functional groups attached to an aromatic ring is 1. The van der Waals surface area contributed by atoms with Crippen molar-refractivity contribution in [2.24, 2.45) is 0 Å². The molecule has 0 radical (unpaired) electrons. The monoisotopic (exact) mass is 232 g/mol. The minimum absolute atomic E-state index is 0.0435. The quantitative estimate of drug-likeness (QED) is 0.443. The highest BCUT2D eigenvalue weighted by molar-refractivity contribution is 5.70. The smallest absolute Gasteiger partial charge is 0.278 e. The molecule has 5 N–H and O–H groups in total. The van der Waals surface area contributed by atoms with E-state index in [1.807, 2.05) is 0 Å². The van der Waals surface area contributed by atoms with Crippen LogP contribution < -0.4 is 11.3 Å². The molecular formula is C8H8N8O. The third-order valence-corrected chi connectivity index (χ3v) is 2.24. The molecule has 3 rings (SSSR count). The molecule has 9 nitrogen and oxygen atoms in total. The minimum atomic E-state index is -0.341. The average molecular weight is 232 g/mol. The van der Waals surface area contributed by atoms with Gasteiger partial charge in [0.1, 0.15) is 5.82 Å². The second-order valence-electron chi connectivity index (χ2n) is 3.47. The van der Waals surface area contributed by atoms with Crippen LogP contribution in [0, 0.1) is 0 Å². The van der Waals surface area contributed by atoms with E-state index in [-0.39, 0.29) is 11.5 Å². The lowest BCUT2D eigenvalue weighted by Crippen LogP contribution is -2.10. The molecule has 9 heteroatoms. The third-order valence-electron chi connectivity index (χ3n) is 2.24. The number of hydrogen-bond donors (Lipinski definition) is 4. The molecule has 0 amide bonds. The van der Waals surface area contributed by atoms with Gasteiger partial charge in [0, 0.05) is 6.20 Å². The van der Waals surface area contributed by atoms with Crippen molar-refractivity contribution in [1.82, 2.24) is 35.3 Å². The van der Waals surface area contributed by atoms with Crippen LogP contribution in [0.1, 0.15) is 11.5 Å². The molecule has 86 valence electrons. The molecular weight excluding hydrogens is 224 g/mol. The SMILES string of the molecule is Nc1nc2nc(Cc3c[nH]nn3)[nH]c2c(=O)[nH]1. The number of aromatic amines is 3. The van der Waals surface area contributed by atoms with Crippen molar-refractivity contribution in [2.75, 3.05) is 5.73 Å². The molecule has 17 heavy (non-hydrogen) atoms. The van der Waals surface area contributed by atoms with Gasteiger partial charge >= 0.3 is 0 Å². The Morgan fingerprint density at radius 3 is 2.94 bits per heavy atom. The van der Waals surface area contributed by atoms with E-state index >= 15 is 0 Å². The summed E-state index contributed by atoms with van der Waals surface area (Å²) in [7, 11) is 0. The fourth-order valence-electron chi connectivity index (χ4n) is 1.54. The Morgan fingerprint density at radius 2 is 2.18 bits per heavy atom. The maximum Gasteiger partial charge on any atom is 0.278 e. The lowest BCUT2D eigenvalue weighted by Gasteiger charge is -1.89. The predicted molar refractivity (Wildman–Crippen MR) is 58.1 cm³/mol. The zero-order valence-corrected chi connectivity index (χ0v) is 8.56. The van der Waals surface area contributed by atoms with Gasteiger partial charge in [-0.3, -0.25) is 14.9 Å². The van der Waals surface area contributed by atoms with Crippen molar-refractivity contribution in [1.29, 1.82) is 0 Å². The largest absolute Gasteiger partial charge is 0.369 e. The van der Waals surface area contributed by atoms with E-state index in [2.05, 4.69) is 35.3 Å². The van der Waals surface area contributed by atoms with Gasteiger partial charge in [0.25, 0.3) is 5.56 Å². The molecule has 0 aromatic carbocycles. The summed E-state index contributed by atoms with van der Waals surface area (Å²) in [5.74, 6) is 0.625. The van der Waals surface area contributed by atoms with Crippen LogP contribution in [0.25, 0.3) is 11.2 Å². The van der Waals surface area contributed by atoms with E-state index in [0.29, 0.717) is 29.1 Å². The molecule has 0 aliphatic heterocycles. The van der Waals surface area contributed by atoms with E-state index in [1.165, 1.54) is 0 Å². The number of aromatic nitrogens is 7. The van der Waals surface area contributed by atoms with E-state index < -0.39 is 0 Å². The lowest BCUT2D eigenvalue weighted by atomic mass is 10.3. The molecule has 3 aromatic heterocycles. The Hall–Kier alpha value is -2.71. The first-order chi connectivity index (χ1) is 8.22. The molecule has 0 atom stereocenters. The number of H-pyrrole nitrogens is 3. The molecule has 0 unspecified atom stereocenters. The predicted octanol–water partition coefficient (Wildman–Crippen LogP) is -1.06. The van der Waals surface area contributed by atoms with E-state index in [4.69, 9.17) is 5.73 Å². The van der Waals surface area contributed by atoms with Crippen molar-refractivity contribution in [2.45, 2.75) is 6.42 Å². The van der Waals surface area contributed by atoms with Gasteiger partial charge in [0.2, 0.25) is 5.95 Å². The van der Waals surface area contributed by atoms with Gasteiger partial charge in [0.05, 0.1) is 12.1 Å². The van der Waals surface area contributed by atoms with E-state index in [0.717, 1.165) is 0 Å². The number of nitrogens with two attached hydrogens (primary N) is 1. The molecule has 0 saturated heterocycles. The van der Waals surface area contributed by atoms with Crippen LogP contribution in [0.15, 0.2) is 11.0 Å². The van der Waals surface area contributed by atoms with Crippen LogP contribution in [0.5, 0.6) is 0 Å². The summed E-state index contributed by atoms with van der Waals surface area (Å²) in [5, 5.41) is 10.0. The zero-order valence-electron chi connectivity index (χ0n) is 8.56. The van der Waals surface area contributed by atoms with Gasteiger partial charge in [-0.25, -0.2) is 4.98 Å². The zero-order chi connectivity index (χ0) is 11.8. The number of nitrogens with zero attached hydrogens (tertiary/aromatic N) is 4. The Morgan fingerprint density at radius 1 is 1.29 bits per heavy atom. The van der Waals surface area contributed by atoms with Gasteiger partial charge in [-0.15, -0.1) is 5.10 Å². The van der Waals surface area contributed by atoms with Gasteiger partial charge in [-0.1, -0.05) is 5.21 Å².